The van der Waals surface area contributed by atoms with Gasteiger partial charge in [0.25, 0.3) is 0 Å². The first-order valence-corrected chi connectivity index (χ1v) is 6.42. The molecule has 0 aliphatic carbocycles. The van der Waals surface area contributed by atoms with E-state index in [1.165, 1.54) is 11.8 Å². The summed E-state index contributed by atoms with van der Waals surface area (Å²) in [6.07, 6.45) is 0. The van der Waals surface area contributed by atoms with Crippen LogP contribution in [-0.4, -0.2) is 42.7 Å². The van der Waals surface area contributed by atoms with Gasteiger partial charge in [0.05, 0.1) is 12.5 Å². The molecule has 2 N–H and O–H groups in total. The van der Waals surface area contributed by atoms with Crippen LogP contribution in [0.4, 0.5) is 0 Å². The molecule has 0 aliphatic heterocycles. The van der Waals surface area contributed by atoms with Gasteiger partial charge in [0, 0.05) is 19.9 Å². The lowest BCUT2D eigenvalue weighted by Crippen LogP contribution is -2.40. The van der Waals surface area contributed by atoms with E-state index in [2.05, 4.69) is 10.5 Å². The van der Waals surface area contributed by atoms with Crippen LogP contribution in [0.3, 0.4) is 0 Å². The fourth-order valence-electron chi connectivity index (χ4n) is 1.42. The number of hydrogen-bond donors (Lipinski definition) is 2. The zero-order chi connectivity index (χ0) is 13.5. The Labute approximate surface area is 107 Å². The van der Waals surface area contributed by atoms with Gasteiger partial charge < -0.3 is 15.3 Å². The number of carbonyl (C=O) groups is 1. The van der Waals surface area contributed by atoms with Crippen LogP contribution in [-0.2, 0) is 9.53 Å². The third-order valence-corrected chi connectivity index (χ3v) is 3.24. The standard InChI is InChI=1S/C11H22N2O3S/c1-11(2,3)8(9(14)12-4)10(13-15)17-7-6-16-5/h8,15H,6-7H2,1-5H3,(H,12,14). The van der Waals surface area contributed by atoms with Crippen molar-refractivity contribution in [2.75, 3.05) is 26.5 Å². The normalized spacial score (nSPS) is 14.5. The lowest BCUT2D eigenvalue weighted by molar-refractivity contribution is -0.124. The smallest absolute Gasteiger partial charge is 0.230 e. The first-order valence-electron chi connectivity index (χ1n) is 5.43. The molecular formula is C11H22N2O3S. The van der Waals surface area contributed by atoms with Gasteiger partial charge in [0.2, 0.25) is 5.91 Å². The molecule has 0 aromatic rings. The van der Waals surface area contributed by atoms with Crippen molar-refractivity contribution < 1.29 is 14.7 Å². The molecule has 1 atom stereocenters. The summed E-state index contributed by atoms with van der Waals surface area (Å²) >= 11 is 1.34. The van der Waals surface area contributed by atoms with Crippen LogP contribution in [0.1, 0.15) is 20.8 Å². The highest BCUT2D eigenvalue weighted by atomic mass is 32.2. The van der Waals surface area contributed by atoms with Crippen molar-refractivity contribution in [2.45, 2.75) is 20.8 Å². The summed E-state index contributed by atoms with van der Waals surface area (Å²) in [5, 5.41) is 15.3. The molecule has 0 spiro atoms. The topological polar surface area (TPSA) is 70.9 Å². The van der Waals surface area contributed by atoms with E-state index in [1.54, 1.807) is 14.2 Å². The van der Waals surface area contributed by atoms with E-state index < -0.39 is 5.92 Å². The number of thioether (sulfide) groups is 1. The lowest BCUT2D eigenvalue weighted by atomic mass is 9.80. The summed E-state index contributed by atoms with van der Waals surface area (Å²) < 4.78 is 4.93. The second-order valence-electron chi connectivity index (χ2n) is 4.69. The van der Waals surface area contributed by atoms with E-state index in [1.807, 2.05) is 20.8 Å². The highest BCUT2D eigenvalue weighted by molar-refractivity contribution is 8.14. The van der Waals surface area contributed by atoms with Crippen LogP contribution in [0.25, 0.3) is 0 Å². The maximum atomic E-state index is 11.8. The second-order valence-corrected chi connectivity index (χ2v) is 5.81. The van der Waals surface area contributed by atoms with Gasteiger partial charge in [-0.25, -0.2) is 0 Å². The van der Waals surface area contributed by atoms with E-state index in [9.17, 15) is 4.79 Å². The van der Waals surface area contributed by atoms with Crippen LogP contribution in [0.15, 0.2) is 5.16 Å². The Balaban J connectivity index is 4.82. The molecule has 0 radical (unpaired) electrons. The summed E-state index contributed by atoms with van der Waals surface area (Å²) in [5.41, 5.74) is -0.304. The first kappa shape index (κ1) is 16.2. The summed E-state index contributed by atoms with van der Waals surface area (Å²) in [7, 11) is 3.19. The summed E-state index contributed by atoms with van der Waals surface area (Å²) in [5.74, 6) is 0.0500. The van der Waals surface area contributed by atoms with Gasteiger partial charge in [0.15, 0.2) is 0 Å². The molecular weight excluding hydrogens is 240 g/mol. The Morgan fingerprint density at radius 2 is 2.12 bits per heavy atom. The summed E-state index contributed by atoms with van der Waals surface area (Å²) in [6, 6.07) is 0. The number of nitrogens with one attached hydrogen (secondary N) is 1. The molecule has 17 heavy (non-hydrogen) atoms. The molecule has 0 saturated carbocycles. The van der Waals surface area contributed by atoms with Gasteiger partial charge in [-0.15, -0.1) is 11.8 Å². The fraction of sp³-hybridized carbons (Fsp3) is 0.818. The number of nitrogens with zero attached hydrogens (tertiary/aromatic N) is 1. The molecule has 1 unspecified atom stereocenters. The van der Waals surface area contributed by atoms with Crippen molar-refractivity contribution in [1.82, 2.24) is 5.32 Å². The SMILES string of the molecule is CNC(=O)C(C(=NO)SCCOC)C(C)(C)C. The Morgan fingerprint density at radius 3 is 2.47 bits per heavy atom. The molecule has 0 saturated heterocycles. The maximum absolute atomic E-state index is 11.8. The maximum Gasteiger partial charge on any atom is 0.230 e. The lowest BCUT2D eigenvalue weighted by Gasteiger charge is -2.29. The van der Waals surface area contributed by atoms with Crippen molar-refractivity contribution in [1.29, 1.82) is 0 Å². The van der Waals surface area contributed by atoms with E-state index in [4.69, 9.17) is 9.94 Å². The Kier molecular flexibility index (Phi) is 7.22. The molecule has 0 aliphatic rings. The van der Waals surface area contributed by atoms with E-state index in [-0.39, 0.29) is 11.3 Å². The summed E-state index contributed by atoms with van der Waals surface area (Å²) in [6.45, 7) is 6.37. The van der Waals surface area contributed by atoms with Gasteiger partial charge in [-0.05, 0) is 5.41 Å². The molecule has 0 aromatic carbocycles. The number of methoxy groups -OCH3 is 1. The van der Waals surface area contributed by atoms with Crippen LogP contribution in [0.5, 0.6) is 0 Å². The molecule has 100 valence electrons. The van der Waals surface area contributed by atoms with E-state index >= 15 is 0 Å². The zero-order valence-corrected chi connectivity index (χ0v) is 11.9. The number of oxime groups is 1. The highest BCUT2D eigenvalue weighted by Crippen LogP contribution is 2.31. The van der Waals surface area contributed by atoms with Crippen molar-refractivity contribution in [2.24, 2.45) is 16.5 Å². The monoisotopic (exact) mass is 262 g/mol. The minimum absolute atomic E-state index is 0.143. The molecule has 0 aromatic heterocycles. The minimum atomic E-state index is -0.459. The van der Waals surface area contributed by atoms with Gasteiger partial charge in [-0.3, -0.25) is 4.79 Å². The van der Waals surface area contributed by atoms with Crippen molar-refractivity contribution in [3.8, 4) is 0 Å². The molecule has 0 bridgehead atoms. The second kappa shape index (κ2) is 7.55. The quantitative estimate of drug-likeness (QED) is 0.259. The average molecular weight is 262 g/mol. The Bertz CT molecular complexity index is 274. The van der Waals surface area contributed by atoms with Gasteiger partial charge in [0.1, 0.15) is 5.04 Å². The van der Waals surface area contributed by atoms with E-state index in [0.717, 1.165) is 0 Å². The van der Waals surface area contributed by atoms with Gasteiger partial charge in [-0.2, -0.15) is 0 Å². The third-order valence-electron chi connectivity index (χ3n) is 2.26. The minimum Gasteiger partial charge on any atom is -0.410 e. The van der Waals surface area contributed by atoms with Crippen molar-refractivity contribution >= 4 is 22.7 Å². The number of amides is 1. The largest absolute Gasteiger partial charge is 0.410 e. The van der Waals surface area contributed by atoms with E-state index in [0.29, 0.717) is 17.4 Å². The van der Waals surface area contributed by atoms with Crippen molar-refractivity contribution in [3.63, 3.8) is 0 Å². The third kappa shape index (κ3) is 5.41. The predicted octanol–water partition coefficient (Wildman–Crippen LogP) is 1.56. The molecule has 0 fully saturated rings. The van der Waals surface area contributed by atoms with Gasteiger partial charge >= 0.3 is 0 Å². The predicted molar refractivity (Wildman–Crippen MR) is 70.6 cm³/mol. The molecule has 0 rings (SSSR count). The van der Waals surface area contributed by atoms with Crippen LogP contribution in [0.2, 0.25) is 0 Å². The first-order chi connectivity index (χ1) is 7.88. The highest BCUT2D eigenvalue weighted by Gasteiger charge is 2.35. The van der Waals surface area contributed by atoms with Crippen LogP contribution >= 0.6 is 11.8 Å². The van der Waals surface area contributed by atoms with Crippen LogP contribution in [0, 0.1) is 11.3 Å². The number of ether oxygens (including phenoxy) is 1. The molecule has 1 amide bonds. The van der Waals surface area contributed by atoms with Gasteiger partial charge in [-0.1, -0.05) is 25.9 Å². The Morgan fingerprint density at radius 1 is 1.53 bits per heavy atom. The van der Waals surface area contributed by atoms with Crippen molar-refractivity contribution in [3.05, 3.63) is 0 Å². The molecule has 5 nitrogen and oxygen atoms in total. The molecule has 0 heterocycles. The molecule has 6 heteroatoms. The van der Waals surface area contributed by atoms with Crippen LogP contribution < -0.4 is 5.32 Å². The number of carbonyl (C=O) groups excluding carboxylic acids is 1. The summed E-state index contributed by atoms with van der Waals surface area (Å²) in [4.78, 5) is 11.8. The fourth-order valence-corrected chi connectivity index (χ4v) is 2.56. The zero-order valence-electron chi connectivity index (χ0n) is 11.1. The number of hydrogen-bond acceptors (Lipinski definition) is 5. The Hall–Kier alpha value is -0.750. The number of rotatable bonds is 5. The average Bonchev–Trinajstić information content (AvgIpc) is 2.25.